The lowest BCUT2D eigenvalue weighted by Gasteiger charge is -2.33. The van der Waals surface area contributed by atoms with Gasteiger partial charge in [0.1, 0.15) is 0 Å². The van der Waals surface area contributed by atoms with E-state index in [2.05, 4.69) is 0 Å². The number of rotatable bonds is 4. The lowest BCUT2D eigenvalue weighted by molar-refractivity contribution is -0.376. The highest BCUT2D eigenvalue weighted by Crippen LogP contribution is 2.51. The van der Waals surface area contributed by atoms with Crippen molar-refractivity contribution in [2.45, 2.75) is 50.8 Å². The molecule has 1 aliphatic heterocycles. The van der Waals surface area contributed by atoms with Crippen molar-refractivity contribution < 1.29 is 41.4 Å². The Balaban J connectivity index is 2.01. The molecule has 0 saturated heterocycles. The fourth-order valence-corrected chi connectivity index (χ4v) is 3.92. The first-order valence-electron chi connectivity index (χ1n) is 9.26. The lowest BCUT2D eigenvalue weighted by atomic mass is 9.90. The molecule has 0 aromatic heterocycles. The van der Waals surface area contributed by atoms with E-state index in [1.807, 2.05) is 0 Å². The molecule has 0 amide bonds. The summed E-state index contributed by atoms with van der Waals surface area (Å²) in [5, 5.41) is 18.9. The number of hydrogen-bond donors (Lipinski definition) is 2. The fraction of sp³-hybridized carbons (Fsp3) is 0.381. The van der Waals surface area contributed by atoms with Crippen LogP contribution in [-0.2, 0) is 18.6 Å². The Hall–Kier alpha value is -2.75. The summed E-state index contributed by atoms with van der Waals surface area (Å²) in [6.07, 6.45) is -11.7. The van der Waals surface area contributed by atoms with Gasteiger partial charge in [-0.25, -0.2) is 4.79 Å². The molecule has 1 aliphatic rings. The predicted molar refractivity (Wildman–Crippen MR) is 99.9 cm³/mol. The van der Waals surface area contributed by atoms with E-state index in [4.69, 9.17) is 0 Å². The average molecular weight is 447 g/mol. The van der Waals surface area contributed by atoms with Crippen molar-refractivity contribution in [2.24, 2.45) is 0 Å². The summed E-state index contributed by atoms with van der Waals surface area (Å²) in [7, 11) is 0. The number of aromatic carboxylic acids is 1. The third kappa shape index (κ3) is 3.73. The van der Waals surface area contributed by atoms with Crippen LogP contribution in [0, 0.1) is 6.92 Å². The third-order valence-corrected chi connectivity index (χ3v) is 5.69. The molecule has 0 spiro atoms. The molecule has 1 heterocycles. The van der Waals surface area contributed by atoms with E-state index in [0.29, 0.717) is 22.9 Å². The molecule has 1 unspecified atom stereocenters. The number of carbonyl (C=O) groups is 1. The molecule has 0 fully saturated rings. The van der Waals surface area contributed by atoms with Gasteiger partial charge in [0.25, 0.3) is 5.60 Å². The normalized spacial score (nSPS) is 17.1. The van der Waals surface area contributed by atoms with Gasteiger partial charge < -0.3 is 15.1 Å². The molecule has 168 valence electrons. The molecule has 10 heteroatoms. The summed E-state index contributed by atoms with van der Waals surface area (Å²) in [4.78, 5) is 13.1. The van der Waals surface area contributed by atoms with Gasteiger partial charge in [-0.15, -0.1) is 0 Å². The molecule has 2 aromatic carbocycles. The van der Waals surface area contributed by atoms with Gasteiger partial charge in [-0.1, -0.05) is 24.3 Å². The molecule has 1 atom stereocenters. The maximum Gasteiger partial charge on any atom is 0.430 e. The molecule has 0 radical (unpaired) electrons. The summed E-state index contributed by atoms with van der Waals surface area (Å²) in [5.41, 5.74) is -4.28. The third-order valence-electron chi connectivity index (χ3n) is 5.69. The highest BCUT2D eigenvalue weighted by atomic mass is 19.4. The molecule has 4 nitrogen and oxygen atoms in total. The van der Waals surface area contributed by atoms with E-state index >= 15 is 0 Å². The zero-order chi connectivity index (χ0) is 23.4. The summed E-state index contributed by atoms with van der Waals surface area (Å²) in [6.45, 7) is 3.62. The van der Waals surface area contributed by atoms with Crippen molar-refractivity contribution >= 4 is 11.7 Å². The van der Waals surface area contributed by atoms with E-state index in [1.54, 1.807) is 30.9 Å². The largest absolute Gasteiger partial charge is 0.478 e. The smallest absolute Gasteiger partial charge is 0.430 e. The molecule has 0 bridgehead atoms. The molecule has 2 N–H and O–H groups in total. The Morgan fingerprint density at radius 2 is 1.71 bits per heavy atom. The number of carboxylic acids is 1. The van der Waals surface area contributed by atoms with Crippen molar-refractivity contribution in [2.75, 3.05) is 4.90 Å². The van der Waals surface area contributed by atoms with Gasteiger partial charge in [0.05, 0.1) is 5.56 Å². The predicted octanol–water partition coefficient (Wildman–Crippen LogP) is 4.96. The Bertz CT molecular complexity index is 1000. The zero-order valence-electron chi connectivity index (χ0n) is 16.5. The van der Waals surface area contributed by atoms with Crippen LogP contribution < -0.4 is 4.90 Å². The van der Waals surface area contributed by atoms with Crippen LogP contribution in [0.1, 0.15) is 39.5 Å². The number of hydrogen-bond acceptors (Lipinski definition) is 3. The first-order valence-corrected chi connectivity index (χ1v) is 9.26. The van der Waals surface area contributed by atoms with E-state index in [9.17, 15) is 41.4 Å². The van der Waals surface area contributed by atoms with Crippen molar-refractivity contribution in [3.8, 4) is 0 Å². The number of anilines is 1. The molecule has 31 heavy (non-hydrogen) atoms. The standard InChI is InChI=1S/C21H19F6NO3/c1-11-8-14-9-15(19(31,20(22,23)24)21(25,26)27)6-7-17(14)28(11)10-13-4-3-5-16(12(13)2)18(29)30/h3-7,9,11,31H,8,10H2,1-2H3,(H,29,30). The highest BCUT2D eigenvalue weighted by molar-refractivity contribution is 5.89. The second-order valence-electron chi connectivity index (χ2n) is 7.63. The maximum absolute atomic E-state index is 13.2. The van der Waals surface area contributed by atoms with Crippen LogP contribution in [-0.4, -0.2) is 34.6 Å². The minimum atomic E-state index is -5.95. The van der Waals surface area contributed by atoms with E-state index in [-0.39, 0.29) is 30.1 Å². The topological polar surface area (TPSA) is 60.8 Å². The number of benzene rings is 2. The van der Waals surface area contributed by atoms with E-state index in [1.165, 1.54) is 6.07 Å². The monoisotopic (exact) mass is 447 g/mol. The Morgan fingerprint density at radius 1 is 1.10 bits per heavy atom. The van der Waals surface area contributed by atoms with Gasteiger partial charge in [0.2, 0.25) is 0 Å². The molecule has 0 saturated carbocycles. The molecular formula is C21H19F6NO3. The van der Waals surface area contributed by atoms with Gasteiger partial charge in [0, 0.05) is 23.8 Å². The van der Waals surface area contributed by atoms with Crippen LogP contribution in [0.2, 0.25) is 0 Å². The first-order chi connectivity index (χ1) is 14.2. The van der Waals surface area contributed by atoms with Gasteiger partial charge in [0.15, 0.2) is 0 Å². The Labute approximate surface area is 173 Å². The van der Waals surface area contributed by atoms with Crippen molar-refractivity contribution in [1.82, 2.24) is 0 Å². The molecular weight excluding hydrogens is 428 g/mol. The van der Waals surface area contributed by atoms with Crippen LogP contribution in [0.5, 0.6) is 0 Å². The highest BCUT2D eigenvalue weighted by Gasteiger charge is 2.71. The number of carboxylic acid groups (broad SMARTS) is 1. The van der Waals surface area contributed by atoms with Crippen LogP contribution in [0.15, 0.2) is 36.4 Å². The number of halogens is 6. The number of aliphatic hydroxyl groups is 1. The molecule has 2 aromatic rings. The van der Waals surface area contributed by atoms with Crippen LogP contribution in [0.3, 0.4) is 0 Å². The van der Waals surface area contributed by atoms with E-state index < -0.39 is 29.5 Å². The van der Waals surface area contributed by atoms with Gasteiger partial charge in [-0.05, 0) is 49.1 Å². The van der Waals surface area contributed by atoms with Gasteiger partial charge >= 0.3 is 18.3 Å². The number of nitrogens with zero attached hydrogens (tertiary/aromatic N) is 1. The van der Waals surface area contributed by atoms with Crippen LogP contribution >= 0.6 is 0 Å². The number of fused-ring (bicyclic) bond motifs is 1. The van der Waals surface area contributed by atoms with Crippen LogP contribution in [0.25, 0.3) is 0 Å². The molecule has 3 rings (SSSR count). The zero-order valence-corrected chi connectivity index (χ0v) is 16.5. The first kappa shape index (κ1) is 22.9. The summed E-state index contributed by atoms with van der Waals surface area (Å²) in [6, 6.07) is 6.98. The number of alkyl halides is 6. The Kier molecular flexibility index (Phi) is 5.50. The lowest BCUT2D eigenvalue weighted by Crippen LogP contribution is -2.53. The van der Waals surface area contributed by atoms with Crippen molar-refractivity contribution in [3.05, 3.63) is 64.2 Å². The SMILES string of the molecule is Cc1c(CN2c3ccc(C(O)(C(F)(F)F)C(F)(F)F)cc3CC2C)cccc1C(=O)O. The Morgan fingerprint density at radius 3 is 2.26 bits per heavy atom. The quantitative estimate of drug-likeness (QED) is 0.651. The maximum atomic E-state index is 13.2. The van der Waals surface area contributed by atoms with Crippen molar-refractivity contribution in [3.63, 3.8) is 0 Å². The van der Waals surface area contributed by atoms with Crippen molar-refractivity contribution in [1.29, 1.82) is 0 Å². The van der Waals surface area contributed by atoms with Gasteiger partial charge in [-0.3, -0.25) is 0 Å². The second-order valence-corrected chi connectivity index (χ2v) is 7.63. The summed E-state index contributed by atoms with van der Waals surface area (Å²) in [5.74, 6) is -1.10. The molecule has 0 aliphatic carbocycles. The average Bonchev–Trinajstić information content (AvgIpc) is 2.95. The van der Waals surface area contributed by atoms with Gasteiger partial charge in [-0.2, -0.15) is 26.3 Å². The fourth-order valence-electron chi connectivity index (χ4n) is 3.92. The second kappa shape index (κ2) is 7.44. The van der Waals surface area contributed by atoms with E-state index in [0.717, 1.165) is 12.1 Å². The van der Waals surface area contributed by atoms with Crippen LogP contribution in [0.4, 0.5) is 32.0 Å². The summed E-state index contributed by atoms with van der Waals surface area (Å²) >= 11 is 0. The summed E-state index contributed by atoms with van der Waals surface area (Å²) < 4.78 is 79.2. The minimum Gasteiger partial charge on any atom is -0.478 e. The minimum absolute atomic E-state index is 0.111.